The summed E-state index contributed by atoms with van der Waals surface area (Å²) in [7, 11) is 0. The zero-order valence-corrected chi connectivity index (χ0v) is 17.9. The molecule has 0 saturated carbocycles. The first kappa shape index (κ1) is 24.4. The number of hydrogen-bond acceptors (Lipinski definition) is 4. The Hall–Kier alpha value is -0.650. The van der Waals surface area contributed by atoms with E-state index in [2.05, 4.69) is 6.92 Å². The lowest BCUT2D eigenvalue weighted by Gasteiger charge is -2.48. The minimum atomic E-state index is -0.705. The van der Waals surface area contributed by atoms with Crippen molar-refractivity contribution in [3.63, 3.8) is 0 Å². The highest BCUT2D eigenvalue weighted by Crippen LogP contribution is 2.41. The molecule has 0 aromatic heterocycles. The molecule has 0 aromatic carbocycles. The zero-order valence-electron chi connectivity index (χ0n) is 17.9. The molecule has 0 amide bonds. The number of rotatable bonds is 16. The van der Waals surface area contributed by atoms with Crippen LogP contribution in [0.5, 0.6) is 0 Å². The van der Waals surface area contributed by atoms with Gasteiger partial charge in [0.2, 0.25) is 0 Å². The molecule has 1 fully saturated rings. The Morgan fingerprint density at radius 2 is 1.41 bits per heavy atom. The van der Waals surface area contributed by atoms with Crippen LogP contribution in [0.3, 0.4) is 0 Å². The lowest BCUT2D eigenvalue weighted by atomic mass is 9.95. The van der Waals surface area contributed by atoms with E-state index < -0.39 is 17.2 Å². The van der Waals surface area contributed by atoms with Crippen LogP contribution in [0.4, 0.5) is 0 Å². The molecule has 160 valence electrons. The number of unbranched alkanes of at least 4 members (excludes halogenated alkanes) is 10. The minimum Gasteiger partial charge on any atom is -0.783 e. The molecule has 0 spiro atoms. The van der Waals surface area contributed by atoms with Crippen molar-refractivity contribution in [3.05, 3.63) is 5.21 Å². The third-order valence-corrected chi connectivity index (χ3v) is 5.74. The van der Waals surface area contributed by atoms with Crippen LogP contribution in [0.1, 0.15) is 117 Å². The Balaban J connectivity index is 2.32. The van der Waals surface area contributed by atoms with Crippen LogP contribution >= 0.6 is 0 Å². The summed E-state index contributed by atoms with van der Waals surface area (Å²) in [6.07, 6.45) is 15.3. The number of ether oxygens (including phenoxy) is 1. The van der Waals surface area contributed by atoms with Gasteiger partial charge in [-0.2, -0.15) is 0 Å². The lowest BCUT2D eigenvalue weighted by molar-refractivity contribution is -0.137. The molecule has 5 nitrogen and oxygen atoms in total. The van der Waals surface area contributed by atoms with E-state index >= 15 is 0 Å². The fraction of sp³-hybridized carbons (Fsp3) is 0.955. The number of hydrogen-bond donors (Lipinski definition) is 1. The van der Waals surface area contributed by atoms with E-state index in [0.29, 0.717) is 6.61 Å². The van der Waals surface area contributed by atoms with E-state index in [4.69, 9.17) is 9.84 Å². The topological polar surface area (TPSA) is 72.8 Å². The van der Waals surface area contributed by atoms with E-state index in [-0.39, 0.29) is 6.42 Å². The second kappa shape index (κ2) is 12.7. The van der Waals surface area contributed by atoms with Gasteiger partial charge in [0.15, 0.2) is 0 Å². The summed E-state index contributed by atoms with van der Waals surface area (Å²) >= 11 is 0. The zero-order chi connectivity index (χ0) is 20.2. The quantitative estimate of drug-likeness (QED) is 0.318. The molecule has 0 bridgehead atoms. The second-order valence-electron chi connectivity index (χ2n) is 8.87. The van der Waals surface area contributed by atoms with E-state index in [1.54, 1.807) is 0 Å². The summed E-state index contributed by atoms with van der Waals surface area (Å²) in [6, 6.07) is 0. The molecule has 1 rings (SSSR count). The fourth-order valence-electron chi connectivity index (χ4n) is 4.02. The number of hydroxylamine groups is 2. The van der Waals surface area contributed by atoms with Gasteiger partial charge in [0.1, 0.15) is 5.72 Å². The van der Waals surface area contributed by atoms with Crippen molar-refractivity contribution in [1.82, 2.24) is 5.06 Å². The molecule has 1 atom stereocenters. The monoisotopic (exact) mass is 384 g/mol. The van der Waals surface area contributed by atoms with Crippen molar-refractivity contribution in [2.75, 3.05) is 6.61 Å². The fourth-order valence-corrected chi connectivity index (χ4v) is 4.02. The van der Waals surface area contributed by atoms with Gasteiger partial charge in [0, 0.05) is 12.0 Å². The first-order chi connectivity index (χ1) is 12.8. The van der Waals surface area contributed by atoms with Gasteiger partial charge in [-0.25, -0.2) is 0 Å². The summed E-state index contributed by atoms with van der Waals surface area (Å²) in [5.74, 6) is -0.705. The smallest absolute Gasteiger partial charge is 0.303 e. The molecule has 1 heterocycles. The SMILES string of the molecule is CCCCCCCCC1(CCCCCCCCC(=O)O)OCC(C)(C)N1[O-]. The Kier molecular flexibility index (Phi) is 11.5. The number of aliphatic carboxylic acids is 1. The molecule has 1 N–H and O–H groups in total. The van der Waals surface area contributed by atoms with E-state index in [0.717, 1.165) is 57.8 Å². The molecule has 1 aliphatic rings. The third kappa shape index (κ3) is 8.93. The van der Waals surface area contributed by atoms with Crippen LogP contribution in [-0.2, 0) is 9.53 Å². The first-order valence-electron chi connectivity index (χ1n) is 11.2. The van der Waals surface area contributed by atoms with E-state index in [9.17, 15) is 10.0 Å². The summed E-state index contributed by atoms with van der Waals surface area (Å²) in [6.45, 7) is 6.70. The number of nitrogens with zero attached hydrogens (tertiary/aromatic N) is 1. The normalized spacial score (nSPS) is 22.4. The molecule has 1 unspecified atom stereocenters. The molecule has 5 heteroatoms. The largest absolute Gasteiger partial charge is 0.783 e. The van der Waals surface area contributed by atoms with Gasteiger partial charge < -0.3 is 20.1 Å². The summed E-state index contributed by atoms with van der Waals surface area (Å²) in [5.41, 5.74) is -1.06. The summed E-state index contributed by atoms with van der Waals surface area (Å²) in [4.78, 5) is 10.5. The van der Waals surface area contributed by atoms with Crippen molar-refractivity contribution in [3.8, 4) is 0 Å². The number of carboxylic acids is 1. The molecular weight excluding hydrogens is 342 g/mol. The van der Waals surface area contributed by atoms with Crippen molar-refractivity contribution in [2.45, 2.75) is 128 Å². The van der Waals surface area contributed by atoms with E-state index in [1.807, 2.05) is 13.8 Å². The third-order valence-electron chi connectivity index (χ3n) is 5.74. The summed E-state index contributed by atoms with van der Waals surface area (Å²) in [5, 5.41) is 22.8. The Labute approximate surface area is 166 Å². The van der Waals surface area contributed by atoms with Gasteiger partial charge in [0.25, 0.3) is 0 Å². The predicted octanol–water partition coefficient (Wildman–Crippen LogP) is 6.25. The summed E-state index contributed by atoms with van der Waals surface area (Å²) < 4.78 is 6.12. The van der Waals surface area contributed by atoms with Gasteiger partial charge in [-0.3, -0.25) is 4.79 Å². The Morgan fingerprint density at radius 1 is 0.926 bits per heavy atom. The molecule has 0 aromatic rings. The van der Waals surface area contributed by atoms with Crippen LogP contribution < -0.4 is 0 Å². The average molecular weight is 385 g/mol. The standard InChI is InChI=1S/C22H42NO4/c1-4-5-6-7-11-14-17-22(23(26)21(2,3)19-27-22)18-15-12-9-8-10-13-16-20(24)25/h4-19H2,1-3H3,(H,24,25)/q-1. The van der Waals surface area contributed by atoms with Crippen LogP contribution in [0.2, 0.25) is 0 Å². The lowest BCUT2D eigenvalue weighted by Crippen LogP contribution is -2.48. The number of carbonyl (C=O) groups is 1. The van der Waals surface area contributed by atoms with Crippen molar-refractivity contribution in [2.24, 2.45) is 0 Å². The Morgan fingerprint density at radius 3 is 1.85 bits per heavy atom. The maximum absolute atomic E-state index is 12.9. The highest BCUT2D eigenvalue weighted by Gasteiger charge is 2.45. The van der Waals surface area contributed by atoms with Crippen LogP contribution in [-0.4, -0.2) is 34.0 Å². The van der Waals surface area contributed by atoms with Gasteiger partial charge in [0.05, 0.1) is 6.61 Å². The van der Waals surface area contributed by atoms with E-state index in [1.165, 1.54) is 37.2 Å². The maximum Gasteiger partial charge on any atom is 0.303 e. The molecule has 0 radical (unpaired) electrons. The van der Waals surface area contributed by atoms with Crippen LogP contribution in [0.15, 0.2) is 0 Å². The molecule has 27 heavy (non-hydrogen) atoms. The molecular formula is C22H42NO4-. The van der Waals surface area contributed by atoms with Gasteiger partial charge in [-0.05, 0) is 46.0 Å². The number of carboxylic acid groups (broad SMARTS) is 1. The van der Waals surface area contributed by atoms with Gasteiger partial charge in [-0.15, -0.1) is 0 Å². The first-order valence-corrected chi connectivity index (χ1v) is 11.2. The maximum atomic E-state index is 12.9. The second-order valence-corrected chi connectivity index (χ2v) is 8.87. The van der Waals surface area contributed by atoms with Crippen LogP contribution in [0.25, 0.3) is 0 Å². The van der Waals surface area contributed by atoms with Gasteiger partial charge in [-0.1, -0.05) is 64.7 Å². The van der Waals surface area contributed by atoms with Crippen molar-refractivity contribution in [1.29, 1.82) is 0 Å². The minimum absolute atomic E-state index is 0.273. The predicted molar refractivity (Wildman–Crippen MR) is 111 cm³/mol. The average Bonchev–Trinajstić information content (AvgIpc) is 2.84. The molecule has 1 saturated heterocycles. The van der Waals surface area contributed by atoms with Crippen molar-refractivity contribution < 1.29 is 14.6 Å². The highest BCUT2D eigenvalue weighted by atomic mass is 16.6. The molecule has 1 aliphatic heterocycles. The Bertz CT molecular complexity index is 413. The van der Waals surface area contributed by atoms with Crippen molar-refractivity contribution >= 4 is 5.97 Å². The van der Waals surface area contributed by atoms with Crippen LogP contribution in [0, 0.1) is 5.21 Å². The van der Waals surface area contributed by atoms with Gasteiger partial charge >= 0.3 is 5.97 Å². The highest BCUT2D eigenvalue weighted by molar-refractivity contribution is 5.66. The molecule has 0 aliphatic carbocycles.